The van der Waals surface area contributed by atoms with Gasteiger partial charge in [-0.15, -0.1) is 5.10 Å². The molecule has 0 aliphatic carbocycles. The first-order chi connectivity index (χ1) is 17.1. The summed E-state index contributed by atoms with van der Waals surface area (Å²) in [6, 6.07) is 25.9. The summed E-state index contributed by atoms with van der Waals surface area (Å²) in [5.74, 6) is 1.26. The van der Waals surface area contributed by atoms with Crippen LogP contribution in [0.15, 0.2) is 83.3 Å². The molecule has 3 aromatic carbocycles. The highest BCUT2D eigenvalue weighted by molar-refractivity contribution is 7.71. The molecule has 1 aliphatic heterocycles. The van der Waals surface area contributed by atoms with Gasteiger partial charge in [-0.25, -0.2) is 4.68 Å². The van der Waals surface area contributed by atoms with Crippen molar-refractivity contribution in [3.05, 3.63) is 99.8 Å². The Morgan fingerprint density at radius 3 is 2.29 bits per heavy atom. The zero-order valence-corrected chi connectivity index (χ0v) is 20.9. The van der Waals surface area contributed by atoms with Crippen molar-refractivity contribution in [2.45, 2.75) is 19.8 Å². The monoisotopic (exact) mass is 506 g/mol. The summed E-state index contributed by atoms with van der Waals surface area (Å²) in [5.41, 5.74) is 3.15. The Hall–Kier alpha value is -2.97. The number of hydrogen-bond acceptors (Lipinski definition) is 6. The molecule has 0 N–H and O–H groups in total. The number of aromatic nitrogens is 2. The van der Waals surface area contributed by atoms with Gasteiger partial charge in [-0.2, -0.15) is 0 Å². The second kappa shape index (κ2) is 11.2. The maximum Gasteiger partial charge on any atom is 0.288 e. The van der Waals surface area contributed by atoms with Gasteiger partial charge in [0.1, 0.15) is 12.4 Å². The predicted octanol–water partition coefficient (Wildman–Crippen LogP) is 5.88. The molecule has 1 saturated heterocycles. The molecule has 5 rings (SSSR count). The molecular weight excluding hydrogens is 480 g/mol. The Balaban J connectivity index is 1.15. The van der Waals surface area contributed by atoms with Gasteiger partial charge >= 0.3 is 0 Å². The SMILES string of the molecule is S=c1oc(-c2ccc(OCc3ccccc3Cl)cc2)nn1CN1CCN(Cc2ccccc2)CC1. The molecule has 35 heavy (non-hydrogen) atoms. The standard InChI is InChI=1S/C27H27ClN4O2S/c28-25-9-5-4-8-23(25)19-33-24-12-10-22(11-13-24)26-29-32(27(35)34-26)20-31-16-14-30(15-17-31)18-21-6-2-1-3-7-21/h1-13H,14-20H2. The van der Waals surface area contributed by atoms with Crippen LogP contribution in [0.25, 0.3) is 11.5 Å². The van der Waals surface area contributed by atoms with E-state index in [-0.39, 0.29) is 0 Å². The summed E-state index contributed by atoms with van der Waals surface area (Å²) in [4.78, 5) is 5.22. The highest BCUT2D eigenvalue weighted by Crippen LogP contribution is 2.23. The van der Waals surface area contributed by atoms with Crippen LogP contribution in [0.2, 0.25) is 5.02 Å². The largest absolute Gasteiger partial charge is 0.489 e. The Bertz CT molecular complexity index is 1300. The van der Waals surface area contributed by atoms with Crippen molar-refractivity contribution < 1.29 is 9.15 Å². The second-order valence-electron chi connectivity index (χ2n) is 8.60. The highest BCUT2D eigenvalue weighted by atomic mass is 35.5. The zero-order valence-electron chi connectivity index (χ0n) is 19.3. The van der Waals surface area contributed by atoms with Gasteiger partial charge < -0.3 is 9.15 Å². The third kappa shape index (κ3) is 6.18. The van der Waals surface area contributed by atoms with Gasteiger partial charge in [0.05, 0.1) is 6.67 Å². The van der Waals surface area contributed by atoms with Crippen LogP contribution in [-0.4, -0.2) is 45.8 Å². The van der Waals surface area contributed by atoms with Crippen LogP contribution in [0.5, 0.6) is 5.75 Å². The van der Waals surface area contributed by atoms with E-state index in [1.165, 1.54) is 5.56 Å². The molecule has 0 amide bonds. The van der Waals surface area contributed by atoms with Gasteiger partial charge in [-0.05, 0) is 48.1 Å². The van der Waals surface area contributed by atoms with E-state index >= 15 is 0 Å². The summed E-state index contributed by atoms with van der Waals surface area (Å²) in [6.45, 7) is 5.99. The third-order valence-corrected chi connectivity index (χ3v) is 6.77. The van der Waals surface area contributed by atoms with Crippen LogP contribution in [0.3, 0.4) is 0 Å². The van der Waals surface area contributed by atoms with E-state index in [1.54, 1.807) is 4.68 Å². The van der Waals surface area contributed by atoms with E-state index in [0.717, 1.165) is 49.6 Å². The molecule has 4 aromatic rings. The van der Waals surface area contributed by atoms with Crippen LogP contribution in [-0.2, 0) is 19.8 Å². The lowest BCUT2D eigenvalue weighted by atomic mass is 10.2. The zero-order chi connectivity index (χ0) is 24.0. The molecule has 0 spiro atoms. The summed E-state index contributed by atoms with van der Waals surface area (Å²) >= 11 is 11.6. The Morgan fingerprint density at radius 1 is 0.857 bits per heavy atom. The van der Waals surface area contributed by atoms with E-state index in [0.29, 0.717) is 29.0 Å². The Kier molecular flexibility index (Phi) is 7.59. The Labute approximate surface area is 215 Å². The van der Waals surface area contributed by atoms with Crippen LogP contribution >= 0.6 is 23.8 Å². The first-order valence-electron chi connectivity index (χ1n) is 11.7. The number of hydrogen-bond donors (Lipinski definition) is 0. The molecule has 8 heteroatoms. The number of nitrogens with zero attached hydrogens (tertiary/aromatic N) is 4. The average molecular weight is 507 g/mol. The van der Waals surface area contributed by atoms with Crippen molar-refractivity contribution in [3.63, 3.8) is 0 Å². The van der Waals surface area contributed by atoms with E-state index in [4.69, 9.17) is 33.0 Å². The van der Waals surface area contributed by atoms with Crippen LogP contribution in [0.4, 0.5) is 0 Å². The van der Waals surface area contributed by atoms with E-state index in [1.807, 2.05) is 48.5 Å². The molecule has 180 valence electrons. The van der Waals surface area contributed by atoms with Crippen molar-refractivity contribution in [1.29, 1.82) is 0 Å². The summed E-state index contributed by atoms with van der Waals surface area (Å²) in [6.07, 6.45) is 0. The van der Waals surface area contributed by atoms with Gasteiger partial charge in [0.2, 0.25) is 5.89 Å². The predicted molar refractivity (Wildman–Crippen MR) is 140 cm³/mol. The number of benzene rings is 3. The first-order valence-corrected chi connectivity index (χ1v) is 12.5. The highest BCUT2D eigenvalue weighted by Gasteiger charge is 2.19. The summed E-state index contributed by atoms with van der Waals surface area (Å²) in [5, 5.41) is 5.33. The van der Waals surface area contributed by atoms with Crippen LogP contribution in [0, 0.1) is 4.84 Å². The number of rotatable bonds is 8. The number of halogens is 1. The molecular formula is C27H27ClN4O2S. The van der Waals surface area contributed by atoms with E-state index in [9.17, 15) is 0 Å². The summed E-state index contributed by atoms with van der Waals surface area (Å²) < 4.78 is 13.4. The topological polar surface area (TPSA) is 46.7 Å². The molecule has 0 saturated carbocycles. The second-order valence-corrected chi connectivity index (χ2v) is 9.35. The Morgan fingerprint density at radius 2 is 1.54 bits per heavy atom. The number of ether oxygens (including phenoxy) is 1. The fraction of sp³-hybridized carbons (Fsp3) is 0.259. The lowest BCUT2D eigenvalue weighted by molar-refractivity contribution is 0.0974. The van der Waals surface area contributed by atoms with Gasteiger partial charge in [0.15, 0.2) is 0 Å². The molecule has 6 nitrogen and oxygen atoms in total. The molecule has 0 unspecified atom stereocenters. The minimum absolute atomic E-state index is 0.380. The van der Waals surface area contributed by atoms with Crippen LogP contribution in [0.1, 0.15) is 11.1 Å². The normalized spacial score (nSPS) is 14.8. The molecule has 1 aliphatic rings. The summed E-state index contributed by atoms with van der Waals surface area (Å²) in [7, 11) is 0. The van der Waals surface area contributed by atoms with Gasteiger partial charge in [-0.3, -0.25) is 9.80 Å². The molecule has 1 aromatic heterocycles. The molecule has 0 radical (unpaired) electrons. The van der Waals surface area contributed by atoms with Gasteiger partial charge in [0, 0.05) is 48.9 Å². The fourth-order valence-corrected chi connectivity index (χ4v) is 4.47. The number of piperazine rings is 1. The fourth-order valence-electron chi connectivity index (χ4n) is 4.10. The van der Waals surface area contributed by atoms with Crippen LogP contribution < -0.4 is 4.74 Å². The molecule has 1 fully saturated rings. The molecule has 0 atom stereocenters. The van der Waals surface area contributed by atoms with Crippen molar-refractivity contribution in [3.8, 4) is 17.2 Å². The quantitative estimate of drug-likeness (QED) is 0.278. The van der Waals surface area contributed by atoms with Crippen molar-refractivity contribution in [2.24, 2.45) is 0 Å². The molecule has 2 heterocycles. The van der Waals surface area contributed by atoms with Crippen molar-refractivity contribution in [1.82, 2.24) is 19.6 Å². The molecule has 0 bridgehead atoms. The lowest BCUT2D eigenvalue weighted by Gasteiger charge is -2.34. The van der Waals surface area contributed by atoms with Crippen molar-refractivity contribution in [2.75, 3.05) is 26.2 Å². The van der Waals surface area contributed by atoms with Gasteiger partial charge in [0.25, 0.3) is 4.84 Å². The third-order valence-electron chi connectivity index (χ3n) is 6.11. The van der Waals surface area contributed by atoms with E-state index < -0.39 is 0 Å². The maximum absolute atomic E-state index is 6.20. The minimum atomic E-state index is 0.380. The first kappa shape index (κ1) is 23.8. The lowest BCUT2D eigenvalue weighted by Crippen LogP contribution is -2.46. The average Bonchev–Trinajstić information content (AvgIpc) is 3.25. The maximum atomic E-state index is 6.20. The minimum Gasteiger partial charge on any atom is -0.489 e. The van der Waals surface area contributed by atoms with E-state index in [2.05, 4.69) is 45.2 Å². The van der Waals surface area contributed by atoms with Crippen molar-refractivity contribution >= 4 is 23.8 Å². The van der Waals surface area contributed by atoms with Gasteiger partial charge in [-0.1, -0.05) is 60.1 Å². The smallest absolute Gasteiger partial charge is 0.288 e.